The van der Waals surface area contributed by atoms with Crippen molar-refractivity contribution in [2.75, 3.05) is 27.3 Å². The summed E-state index contributed by atoms with van der Waals surface area (Å²) in [6, 6.07) is 0. The van der Waals surface area contributed by atoms with Crippen LogP contribution < -0.4 is 0 Å². The van der Waals surface area contributed by atoms with E-state index in [1.165, 1.54) is 0 Å². The average Bonchev–Trinajstić information content (AvgIpc) is 2.10. The first-order chi connectivity index (χ1) is 6.22. The van der Waals surface area contributed by atoms with Gasteiger partial charge < -0.3 is 14.8 Å². The van der Waals surface area contributed by atoms with Gasteiger partial charge in [-0.3, -0.25) is 0 Å². The number of hydrogen-bond acceptors (Lipinski definition) is 3. The van der Waals surface area contributed by atoms with Crippen LogP contribution in [-0.2, 0) is 4.74 Å². The molecule has 0 atom stereocenters. The molecule has 0 unspecified atom stereocenters. The molecule has 0 aromatic rings. The Morgan fingerprint density at radius 1 is 1.38 bits per heavy atom. The minimum Gasteiger partial charge on any atom is -0.409 e. The van der Waals surface area contributed by atoms with Crippen LogP contribution in [0.5, 0.6) is 0 Å². The molecule has 0 fully saturated rings. The summed E-state index contributed by atoms with van der Waals surface area (Å²) in [4.78, 5) is 1.78. The molecule has 0 aliphatic carbocycles. The molecule has 4 heteroatoms. The predicted molar refractivity (Wildman–Crippen MR) is 53.3 cm³/mol. The highest BCUT2D eigenvalue weighted by Crippen LogP contribution is 1.93. The van der Waals surface area contributed by atoms with Gasteiger partial charge in [-0.15, -0.1) is 0 Å². The van der Waals surface area contributed by atoms with Crippen LogP contribution in [0.3, 0.4) is 0 Å². The van der Waals surface area contributed by atoms with Crippen LogP contribution in [0.2, 0.25) is 0 Å². The molecule has 0 aliphatic heterocycles. The zero-order valence-corrected chi connectivity index (χ0v) is 8.79. The second kappa shape index (κ2) is 7.86. The Morgan fingerprint density at radius 3 is 2.54 bits per heavy atom. The molecular formula is C9H20N2O2. The van der Waals surface area contributed by atoms with E-state index in [-0.39, 0.29) is 0 Å². The van der Waals surface area contributed by atoms with Gasteiger partial charge in [0.2, 0.25) is 0 Å². The molecule has 0 aromatic heterocycles. The van der Waals surface area contributed by atoms with Crippen molar-refractivity contribution in [2.45, 2.75) is 26.2 Å². The highest BCUT2D eigenvalue weighted by Gasteiger charge is 2.01. The average molecular weight is 188 g/mol. The lowest BCUT2D eigenvalue weighted by atomic mass is 10.3. The summed E-state index contributed by atoms with van der Waals surface area (Å²) >= 11 is 0. The van der Waals surface area contributed by atoms with Crippen LogP contribution in [0.1, 0.15) is 26.2 Å². The monoisotopic (exact) mass is 188 g/mol. The Balaban J connectivity index is 3.40. The number of nitrogens with zero attached hydrogens (tertiary/aromatic N) is 2. The minimum atomic E-state index is 0.623. The van der Waals surface area contributed by atoms with Gasteiger partial charge in [-0.1, -0.05) is 18.5 Å². The molecule has 0 bridgehead atoms. The Hall–Kier alpha value is -0.770. The fraction of sp³-hybridized carbons (Fsp3) is 0.889. The molecule has 0 spiro atoms. The van der Waals surface area contributed by atoms with Crippen molar-refractivity contribution in [2.24, 2.45) is 5.16 Å². The van der Waals surface area contributed by atoms with Crippen molar-refractivity contribution in [1.82, 2.24) is 4.90 Å². The van der Waals surface area contributed by atoms with Crippen LogP contribution in [-0.4, -0.2) is 43.3 Å². The first-order valence-electron chi connectivity index (χ1n) is 4.68. The minimum absolute atomic E-state index is 0.623. The van der Waals surface area contributed by atoms with E-state index in [4.69, 9.17) is 9.94 Å². The lowest BCUT2D eigenvalue weighted by molar-refractivity contribution is 0.136. The third-order valence-corrected chi connectivity index (χ3v) is 1.74. The molecule has 0 saturated carbocycles. The molecule has 0 radical (unpaired) electrons. The summed E-state index contributed by atoms with van der Waals surface area (Å²) < 4.78 is 5.34. The van der Waals surface area contributed by atoms with E-state index in [2.05, 4.69) is 12.1 Å². The molecule has 0 aromatic carbocycles. The van der Waals surface area contributed by atoms with Gasteiger partial charge in [0.15, 0.2) is 0 Å². The number of amidine groups is 1. The number of ether oxygens (including phenoxy) is 1. The van der Waals surface area contributed by atoms with Gasteiger partial charge in [0.25, 0.3) is 0 Å². The number of unbranched alkanes of at least 4 members (excludes halogenated alkanes) is 1. The zero-order valence-electron chi connectivity index (χ0n) is 8.79. The molecule has 4 nitrogen and oxygen atoms in total. The third kappa shape index (κ3) is 6.40. The lowest BCUT2D eigenvalue weighted by Crippen LogP contribution is -2.23. The topological polar surface area (TPSA) is 45.1 Å². The maximum Gasteiger partial charge on any atom is 0.146 e. The first-order valence-corrected chi connectivity index (χ1v) is 4.68. The van der Waals surface area contributed by atoms with Crippen molar-refractivity contribution in [3.63, 3.8) is 0 Å². The van der Waals surface area contributed by atoms with Crippen molar-refractivity contribution >= 4 is 5.84 Å². The van der Waals surface area contributed by atoms with Gasteiger partial charge in [0.05, 0.1) is 6.61 Å². The summed E-state index contributed by atoms with van der Waals surface area (Å²) in [5.74, 6) is 0.650. The first kappa shape index (κ1) is 12.2. The Kier molecular flexibility index (Phi) is 7.39. The van der Waals surface area contributed by atoms with Gasteiger partial charge in [-0.25, -0.2) is 0 Å². The largest absolute Gasteiger partial charge is 0.409 e. The molecular weight excluding hydrogens is 168 g/mol. The smallest absolute Gasteiger partial charge is 0.146 e. The Labute approximate surface area is 80.2 Å². The summed E-state index contributed by atoms with van der Waals surface area (Å²) in [5.41, 5.74) is 0. The number of oxime groups is 1. The Morgan fingerprint density at radius 2 is 2.08 bits per heavy atom. The highest BCUT2D eigenvalue weighted by molar-refractivity contribution is 5.81. The van der Waals surface area contributed by atoms with Gasteiger partial charge in [0, 0.05) is 27.1 Å². The van der Waals surface area contributed by atoms with Crippen molar-refractivity contribution in [3.8, 4) is 0 Å². The molecule has 0 rings (SSSR count). The maximum atomic E-state index is 8.59. The molecule has 1 N–H and O–H groups in total. The van der Waals surface area contributed by atoms with E-state index in [0.29, 0.717) is 18.9 Å². The van der Waals surface area contributed by atoms with Crippen LogP contribution in [0.25, 0.3) is 0 Å². The van der Waals surface area contributed by atoms with Gasteiger partial charge in [-0.2, -0.15) is 0 Å². The molecule has 13 heavy (non-hydrogen) atoms. The van der Waals surface area contributed by atoms with Crippen molar-refractivity contribution in [3.05, 3.63) is 0 Å². The summed E-state index contributed by atoms with van der Waals surface area (Å²) in [5, 5.41) is 11.8. The number of hydrogen-bond donors (Lipinski definition) is 1. The van der Waals surface area contributed by atoms with Crippen LogP contribution in [0.4, 0.5) is 0 Å². The van der Waals surface area contributed by atoms with E-state index in [1.54, 1.807) is 4.90 Å². The normalized spacial score (nSPS) is 11.8. The highest BCUT2D eigenvalue weighted by atomic mass is 16.5. The van der Waals surface area contributed by atoms with E-state index in [9.17, 15) is 0 Å². The maximum absolute atomic E-state index is 8.59. The zero-order chi connectivity index (χ0) is 10.1. The molecule has 0 saturated heterocycles. The van der Waals surface area contributed by atoms with E-state index < -0.39 is 0 Å². The van der Waals surface area contributed by atoms with Crippen LogP contribution in [0, 0.1) is 0 Å². The summed E-state index contributed by atoms with van der Waals surface area (Å²) in [6.45, 7) is 3.55. The van der Waals surface area contributed by atoms with Crippen LogP contribution in [0.15, 0.2) is 5.16 Å². The quantitative estimate of drug-likeness (QED) is 0.226. The predicted octanol–water partition coefficient (Wildman–Crippen LogP) is 1.54. The van der Waals surface area contributed by atoms with Gasteiger partial charge in [-0.05, 0) is 6.42 Å². The van der Waals surface area contributed by atoms with Crippen molar-refractivity contribution < 1.29 is 9.94 Å². The lowest BCUT2D eigenvalue weighted by Gasteiger charge is -2.13. The fourth-order valence-electron chi connectivity index (χ4n) is 0.875. The fourth-order valence-corrected chi connectivity index (χ4v) is 0.875. The summed E-state index contributed by atoms with van der Waals surface area (Å²) in [6.07, 6.45) is 2.90. The molecule has 0 aliphatic rings. The molecule has 0 amide bonds. The standard InChI is InChI=1S/C9H20N2O2/c1-4-5-7-13-8-6-9(10-12)11(2)3/h12H,4-8H2,1-3H3. The second-order valence-corrected chi connectivity index (χ2v) is 3.13. The van der Waals surface area contributed by atoms with Crippen LogP contribution >= 0.6 is 0 Å². The molecule has 0 heterocycles. The summed E-state index contributed by atoms with van der Waals surface area (Å²) in [7, 11) is 3.70. The van der Waals surface area contributed by atoms with Gasteiger partial charge in [0.1, 0.15) is 5.84 Å². The van der Waals surface area contributed by atoms with Crippen molar-refractivity contribution in [1.29, 1.82) is 0 Å². The van der Waals surface area contributed by atoms with Gasteiger partial charge >= 0.3 is 0 Å². The molecule has 78 valence electrons. The van der Waals surface area contributed by atoms with E-state index in [1.807, 2.05) is 14.1 Å². The third-order valence-electron chi connectivity index (χ3n) is 1.74. The SMILES string of the molecule is CCCCOCCC(=NO)N(C)C. The van der Waals surface area contributed by atoms with E-state index >= 15 is 0 Å². The number of rotatable bonds is 6. The van der Waals surface area contributed by atoms with E-state index in [0.717, 1.165) is 19.4 Å². The Bertz CT molecular complexity index is 147. The second-order valence-electron chi connectivity index (χ2n) is 3.13.